The Balaban J connectivity index is 1.74. The second-order valence-corrected chi connectivity index (χ2v) is 6.32. The molecule has 0 aromatic heterocycles. The van der Waals surface area contributed by atoms with E-state index in [9.17, 15) is 9.90 Å². The molecule has 1 aromatic carbocycles. The Kier molecular flexibility index (Phi) is 3.87. The van der Waals surface area contributed by atoms with E-state index in [1.54, 1.807) is 4.90 Å². The molecule has 1 unspecified atom stereocenters. The Morgan fingerprint density at radius 1 is 1.38 bits per heavy atom. The lowest BCUT2D eigenvalue weighted by Crippen LogP contribution is -2.62. The second-order valence-electron chi connectivity index (χ2n) is 6.32. The van der Waals surface area contributed by atoms with Crippen LogP contribution in [0.15, 0.2) is 30.3 Å². The maximum atomic E-state index is 11.5. The van der Waals surface area contributed by atoms with Crippen molar-refractivity contribution in [2.24, 2.45) is 0 Å². The normalized spacial score (nSPS) is 28.0. The van der Waals surface area contributed by atoms with Crippen molar-refractivity contribution in [3.8, 4) is 0 Å². The predicted octanol–water partition coefficient (Wildman–Crippen LogP) is 2.25. The molecule has 2 saturated heterocycles. The zero-order chi connectivity index (χ0) is 14.9. The second kappa shape index (κ2) is 5.66. The third-order valence-corrected chi connectivity index (χ3v) is 4.43. The first-order valence-electron chi connectivity index (χ1n) is 7.47. The van der Waals surface area contributed by atoms with Crippen LogP contribution in [0, 0.1) is 0 Å². The van der Waals surface area contributed by atoms with Crippen LogP contribution in [0.1, 0.15) is 31.4 Å². The van der Waals surface area contributed by atoms with Crippen molar-refractivity contribution in [1.82, 2.24) is 10.2 Å². The number of nitrogens with zero attached hydrogens (tertiary/aromatic N) is 1. The van der Waals surface area contributed by atoms with Crippen LogP contribution < -0.4 is 5.32 Å². The van der Waals surface area contributed by atoms with Crippen molar-refractivity contribution in [2.45, 2.75) is 37.4 Å². The minimum absolute atomic E-state index is 0.0529. The topological polar surface area (TPSA) is 61.8 Å². The Labute approximate surface area is 124 Å². The summed E-state index contributed by atoms with van der Waals surface area (Å²) in [4.78, 5) is 13.0. The third kappa shape index (κ3) is 3.04. The SMILES string of the molecule is CC1(NC2CCN(C(=O)O)[C@H](c3ccccc3)C2)COC1. The fourth-order valence-electron chi connectivity index (χ4n) is 3.30. The summed E-state index contributed by atoms with van der Waals surface area (Å²) in [5, 5.41) is 13.1. The van der Waals surface area contributed by atoms with E-state index in [0.717, 1.165) is 31.6 Å². The van der Waals surface area contributed by atoms with Gasteiger partial charge in [0, 0.05) is 12.6 Å². The summed E-state index contributed by atoms with van der Waals surface area (Å²) in [5.74, 6) is 0. The fourth-order valence-corrected chi connectivity index (χ4v) is 3.30. The summed E-state index contributed by atoms with van der Waals surface area (Å²) < 4.78 is 5.28. The van der Waals surface area contributed by atoms with Gasteiger partial charge in [-0.2, -0.15) is 0 Å². The number of carboxylic acid groups (broad SMARTS) is 1. The van der Waals surface area contributed by atoms with E-state index in [2.05, 4.69) is 12.2 Å². The van der Waals surface area contributed by atoms with Gasteiger partial charge in [-0.3, -0.25) is 0 Å². The van der Waals surface area contributed by atoms with Crippen molar-refractivity contribution in [3.05, 3.63) is 35.9 Å². The van der Waals surface area contributed by atoms with E-state index >= 15 is 0 Å². The minimum Gasteiger partial charge on any atom is -0.465 e. The van der Waals surface area contributed by atoms with E-state index in [0.29, 0.717) is 12.6 Å². The number of rotatable bonds is 3. The van der Waals surface area contributed by atoms with Crippen molar-refractivity contribution in [3.63, 3.8) is 0 Å². The number of amides is 1. The summed E-state index contributed by atoms with van der Waals surface area (Å²) in [7, 11) is 0. The Morgan fingerprint density at radius 2 is 2.10 bits per heavy atom. The summed E-state index contributed by atoms with van der Waals surface area (Å²) >= 11 is 0. The van der Waals surface area contributed by atoms with Gasteiger partial charge in [-0.15, -0.1) is 0 Å². The van der Waals surface area contributed by atoms with Crippen LogP contribution in [0.2, 0.25) is 0 Å². The third-order valence-electron chi connectivity index (χ3n) is 4.43. The number of benzene rings is 1. The molecule has 0 bridgehead atoms. The molecule has 0 radical (unpaired) electrons. The molecule has 0 saturated carbocycles. The van der Waals surface area contributed by atoms with E-state index in [1.807, 2.05) is 30.3 Å². The van der Waals surface area contributed by atoms with Gasteiger partial charge >= 0.3 is 6.09 Å². The predicted molar refractivity (Wildman–Crippen MR) is 79.3 cm³/mol. The first-order chi connectivity index (χ1) is 10.1. The molecule has 5 nitrogen and oxygen atoms in total. The van der Waals surface area contributed by atoms with Gasteiger partial charge in [-0.25, -0.2) is 4.79 Å². The highest BCUT2D eigenvalue weighted by Gasteiger charge is 2.39. The summed E-state index contributed by atoms with van der Waals surface area (Å²) in [6.07, 6.45) is 0.831. The van der Waals surface area contributed by atoms with Gasteiger partial charge in [0.25, 0.3) is 0 Å². The lowest BCUT2D eigenvalue weighted by atomic mass is 9.89. The molecule has 2 aliphatic heterocycles. The zero-order valence-electron chi connectivity index (χ0n) is 12.3. The number of likely N-dealkylation sites (tertiary alicyclic amines) is 1. The van der Waals surface area contributed by atoms with Crippen LogP contribution in [0.5, 0.6) is 0 Å². The molecule has 21 heavy (non-hydrogen) atoms. The molecule has 3 rings (SSSR count). The van der Waals surface area contributed by atoms with Crippen LogP contribution in [0.25, 0.3) is 0 Å². The van der Waals surface area contributed by atoms with Crippen LogP contribution >= 0.6 is 0 Å². The maximum Gasteiger partial charge on any atom is 0.407 e. The van der Waals surface area contributed by atoms with E-state index in [1.165, 1.54) is 0 Å². The van der Waals surface area contributed by atoms with Crippen molar-refractivity contribution < 1.29 is 14.6 Å². The monoisotopic (exact) mass is 290 g/mol. The number of carbonyl (C=O) groups is 1. The highest BCUT2D eigenvalue weighted by atomic mass is 16.5. The molecule has 5 heteroatoms. The standard InChI is InChI=1S/C16H22N2O3/c1-16(10-21-11-16)17-13-7-8-18(15(19)20)14(9-13)12-5-3-2-4-6-12/h2-6,13-14,17H,7-11H2,1H3,(H,19,20)/t13?,14-/m0/s1. The van der Waals surface area contributed by atoms with Crippen LogP contribution in [0.4, 0.5) is 4.79 Å². The van der Waals surface area contributed by atoms with Gasteiger partial charge < -0.3 is 20.1 Å². The van der Waals surface area contributed by atoms with E-state index in [-0.39, 0.29) is 11.6 Å². The van der Waals surface area contributed by atoms with Crippen LogP contribution in [0.3, 0.4) is 0 Å². The van der Waals surface area contributed by atoms with E-state index in [4.69, 9.17) is 4.74 Å². The number of hydrogen-bond donors (Lipinski definition) is 2. The Hall–Kier alpha value is -1.59. The van der Waals surface area contributed by atoms with Crippen LogP contribution in [-0.2, 0) is 4.74 Å². The highest BCUT2D eigenvalue weighted by molar-refractivity contribution is 5.66. The average molecular weight is 290 g/mol. The van der Waals surface area contributed by atoms with Gasteiger partial charge in [0.2, 0.25) is 0 Å². The van der Waals surface area contributed by atoms with Gasteiger partial charge in [-0.05, 0) is 25.3 Å². The molecule has 2 N–H and O–H groups in total. The molecule has 0 aliphatic carbocycles. The molecule has 2 aliphatic rings. The van der Waals surface area contributed by atoms with Gasteiger partial charge in [0.1, 0.15) is 0 Å². The number of nitrogens with one attached hydrogen (secondary N) is 1. The number of hydrogen-bond acceptors (Lipinski definition) is 3. The van der Waals surface area contributed by atoms with Crippen molar-refractivity contribution >= 4 is 6.09 Å². The Morgan fingerprint density at radius 3 is 2.67 bits per heavy atom. The first-order valence-corrected chi connectivity index (χ1v) is 7.47. The molecule has 1 amide bonds. The minimum atomic E-state index is -0.833. The maximum absolute atomic E-state index is 11.5. The first kappa shape index (κ1) is 14.4. The molecular formula is C16H22N2O3. The lowest BCUT2D eigenvalue weighted by Gasteiger charge is -2.45. The average Bonchev–Trinajstić information content (AvgIpc) is 2.46. The molecule has 2 heterocycles. The van der Waals surface area contributed by atoms with Crippen molar-refractivity contribution in [2.75, 3.05) is 19.8 Å². The summed E-state index contributed by atoms with van der Waals surface area (Å²) in [6.45, 7) is 4.21. The molecule has 1 aromatic rings. The van der Waals surface area contributed by atoms with Gasteiger partial charge in [0.05, 0.1) is 24.8 Å². The molecule has 114 valence electrons. The largest absolute Gasteiger partial charge is 0.465 e. The van der Waals surface area contributed by atoms with E-state index < -0.39 is 6.09 Å². The highest BCUT2D eigenvalue weighted by Crippen LogP contribution is 2.32. The van der Waals surface area contributed by atoms with Crippen LogP contribution in [-0.4, -0.2) is 47.4 Å². The molecular weight excluding hydrogens is 268 g/mol. The zero-order valence-corrected chi connectivity index (χ0v) is 12.3. The van der Waals surface area contributed by atoms with Crippen molar-refractivity contribution in [1.29, 1.82) is 0 Å². The fraction of sp³-hybridized carbons (Fsp3) is 0.562. The smallest absolute Gasteiger partial charge is 0.407 e. The summed E-state index contributed by atoms with van der Waals surface area (Å²) in [6, 6.07) is 10.2. The molecule has 0 spiro atoms. The number of piperidine rings is 1. The quantitative estimate of drug-likeness (QED) is 0.896. The van der Waals surface area contributed by atoms with Gasteiger partial charge in [-0.1, -0.05) is 30.3 Å². The molecule has 2 atom stereocenters. The lowest BCUT2D eigenvalue weighted by molar-refractivity contribution is -0.0734. The Bertz CT molecular complexity index is 502. The van der Waals surface area contributed by atoms with Gasteiger partial charge in [0.15, 0.2) is 0 Å². The number of ether oxygens (including phenoxy) is 1. The molecule has 2 fully saturated rings. The summed E-state index contributed by atoms with van der Waals surface area (Å²) in [5.41, 5.74) is 1.12.